The van der Waals surface area contributed by atoms with E-state index in [0.29, 0.717) is 24.0 Å². The first-order valence-corrected chi connectivity index (χ1v) is 7.39. The van der Waals surface area contributed by atoms with Crippen LogP contribution < -0.4 is 10.6 Å². The van der Waals surface area contributed by atoms with E-state index in [1.54, 1.807) is 12.1 Å². The fraction of sp³-hybridized carbons (Fsp3) is 0.600. The van der Waals surface area contributed by atoms with Crippen molar-refractivity contribution in [1.29, 1.82) is 0 Å². The first kappa shape index (κ1) is 14.6. The Kier molecular flexibility index (Phi) is 4.82. The largest absolute Gasteiger partial charge is 0.380 e. The van der Waals surface area contributed by atoms with E-state index in [1.165, 1.54) is 12.8 Å². The van der Waals surface area contributed by atoms with E-state index in [2.05, 4.69) is 17.6 Å². The lowest BCUT2D eigenvalue weighted by Crippen LogP contribution is -2.25. The Hall–Kier alpha value is -1.78. The Morgan fingerprint density at radius 3 is 2.50 bits per heavy atom. The maximum absolute atomic E-state index is 11.3. The van der Waals surface area contributed by atoms with Gasteiger partial charge in [0.15, 0.2) is 0 Å². The Morgan fingerprint density at radius 1 is 1.25 bits per heavy atom. The average molecular weight is 277 g/mol. The highest BCUT2D eigenvalue weighted by Crippen LogP contribution is 2.35. The molecule has 110 valence electrons. The van der Waals surface area contributed by atoms with Crippen molar-refractivity contribution in [1.82, 2.24) is 0 Å². The van der Waals surface area contributed by atoms with E-state index in [0.717, 1.165) is 18.8 Å². The van der Waals surface area contributed by atoms with Crippen LogP contribution in [0.25, 0.3) is 0 Å². The molecule has 5 nitrogen and oxygen atoms in total. The molecular weight excluding hydrogens is 254 g/mol. The molecule has 0 aromatic heterocycles. The van der Waals surface area contributed by atoms with Gasteiger partial charge in [0.2, 0.25) is 0 Å². The molecule has 0 amide bonds. The molecule has 2 rings (SSSR count). The fourth-order valence-electron chi connectivity index (χ4n) is 2.81. The SMILES string of the molecule is CCNc1cccc(NC2CCC(C)CC2)c1[N+](=O)[O-]. The third kappa shape index (κ3) is 3.40. The number of para-hydroxylation sites is 1. The molecule has 1 aromatic carbocycles. The minimum absolute atomic E-state index is 0.160. The summed E-state index contributed by atoms with van der Waals surface area (Å²) in [6.45, 7) is 4.88. The van der Waals surface area contributed by atoms with Crippen LogP contribution in [-0.2, 0) is 0 Å². The van der Waals surface area contributed by atoms with Crippen molar-refractivity contribution in [2.24, 2.45) is 5.92 Å². The maximum Gasteiger partial charge on any atom is 0.315 e. The van der Waals surface area contributed by atoms with Crippen molar-refractivity contribution in [2.45, 2.75) is 45.6 Å². The van der Waals surface area contributed by atoms with E-state index in [4.69, 9.17) is 0 Å². The highest BCUT2D eigenvalue weighted by atomic mass is 16.6. The van der Waals surface area contributed by atoms with Crippen LogP contribution in [0.5, 0.6) is 0 Å². The number of nitro groups is 1. The minimum atomic E-state index is -0.300. The quantitative estimate of drug-likeness (QED) is 0.630. The van der Waals surface area contributed by atoms with Gasteiger partial charge in [-0.25, -0.2) is 0 Å². The second-order valence-corrected chi connectivity index (χ2v) is 5.59. The van der Waals surface area contributed by atoms with Crippen molar-refractivity contribution in [3.05, 3.63) is 28.3 Å². The second kappa shape index (κ2) is 6.59. The van der Waals surface area contributed by atoms with Gasteiger partial charge in [0.05, 0.1) is 4.92 Å². The minimum Gasteiger partial charge on any atom is -0.380 e. The molecule has 0 unspecified atom stereocenters. The van der Waals surface area contributed by atoms with Gasteiger partial charge in [-0.05, 0) is 50.7 Å². The van der Waals surface area contributed by atoms with Gasteiger partial charge in [-0.1, -0.05) is 13.0 Å². The summed E-state index contributed by atoms with van der Waals surface area (Å²) in [7, 11) is 0. The molecule has 2 N–H and O–H groups in total. The van der Waals surface area contributed by atoms with Crippen molar-refractivity contribution < 1.29 is 4.92 Å². The fourth-order valence-corrected chi connectivity index (χ4v) is 2.81. The van der Waals surface area contributed by atoms with E-state index in [-0.39, 0.29) is 10.6 Å². The van der Waals surface area contributed by atoms with Gasteiger partial charge >= 0.3 is 5.69 Å². The Bertz CT molecular complexity index is 468. The molecule has 1 saturated carbocycles. The molecule has 0 heterocycles. The average Bonchev–Trinajstić information content (AvgIpc) is 2.41. The zero-order chi connectivity index (χ0) is 14.5. The van der Waals surface area contributed by atoms with Crippen molar-refractivity contribution >= 4 is 17.1 Å². The van der Waals surface area contributed by atoms with Crippen molar-refractivity contribution in [2.75, 3.05) is 17.2 Å². The number of benzene rings is 1. The standard InChI is InChI=1S/C15H23N3O2/c1-3-16-13-5-4-6-14(15(13)18(19)20)17-12-9-7-11(2)8-10-12/h4-6,11-12,16-17H,3,7-10H2,1-2H3. The molecule has 0 saturated heterocycles. The molecule has 0 atom stereocenters. The lowest BCUT2D eigenvalue weighted by atomic mass is 9.87. The third-order valence-electron chi connectivity index (χ3n) is 3.96. The van der Waals surface area contributed by atoms with Gasteiger partial charge in [-0.15, -0.1) is 0 Å². The van der Waals surface area contributed by atoms with Gasteiger partial charge in [-0.3, -0.25) is 10.1 Å². The van der Waals surface area contributed by atoms with Crippen molar-refractivity contribution in [3.63, 3.8) is 0 Å². The van der Waals surface area contributed by atoms with Crippen molar-refractivity contribution in [3.8, 4) is 0 Å². The number of nitrogens with one attached hydrogen (secondary N) is 2. The van der Waals surface area contributed by atoms with E-state index in [9.17, 15) is 10.1 Å². The monoisotopic (exact) mass is 277 g/mol. The predicted octanol–water partition coefficient (Wildman–Crippen LogP) is 4.02. The van der Waals surface area contributed by atoms with Gasteiger partial charge < -0.3 is 10.6 Å². The first-order chi connectivity index (χ1) is 9.61. The lowest BCUT2D eigenvalue weighted by Gasteiger charge is -2.27. The highest BCUT2D eigenvalue weighted by Gasteiger charge is 2.23. The highest BCUT2D eigenvalue weighted by molar-refractivity contribution is 5.76. The van der Waals surface area contributed by atoms with Gasteiger partial charge in [0.1, 0.15) is 11.4 Å². The number of anilines is 2. The molecule has 1 aliphatic carbocycles. The molecule has 0 bridgehead atoms. The molecule has 1 aromatic rings. The summed E-state index contributed by atoms with van der Waals surface area (Å²) in [5, 5.41) is 17.8. The maximum atomic E-state index is 11.3. The molecule has 20 heavy (non-hydrogen) atoms. The number of nitrogens with zero attached hydrogens (tertiary/aromatic N) is 1. The van der Waals surface area contributed by atoms with E-state index in [1.807, 2.05) is 13.0 Å². The van der Waals surface area contributed by atoms with Gasteiger partial charge in [0.25, 0.3) is 0 Å². The van der Waals surface area contributed by atoms with Crippen LogP contribution >= 0.6 is 0 Å². The van der Waals surface area contributed by atoms with E-state index >= 15 is 0 Å². The summed E-state index contributed by atoms with van der Waals surface area (Å²) < 4.78 is 0. The Balaban J connectivity index is 2.18. The summed E-state index contributed by atoms with van der Waals surface area (Å²) in [5.74, 6) is 0.774. The van der Waals surface area contributed by atoms with Crippen LogP contribution in [0.1, 0.15) is 39.5 Å². The van der Waals surface area contributed by atoms with Crippen LogP contribution in [0, 0.1) is 16.0 Å². The number of hydrogen-bond acceptors (Lipinski definition) is 4. The summed E-state index contributed by atoms with van der Waals surface area (Å²) in [6, 6.07) is 5.77. The normalized spacial score (nSPS) is 22.3. The predicted molar refractivity (Wildman–Crippen MR) is 82.3 cm³/mol. The number of hydrogen-bond donors (Lipinski definition) is 2. The molecule has 0 spiro atoms. The Morgan fingerprint density at radius 2 is 1.90 bits per heavy atom. The molecule has 1 fully saturated rings. The van der Waals surface area contributed by atoms with Crippen LogP contribution in [0.2, 0.25) is 0 Å². The second-order valence-electron chi connectivity index (χ2n) is 5.59. The van der Waals surface area contributed by atoms with Crippen LogP contribution in [0.15, 0.2) is 18.2 Å². The zero-order valence-electron chi connectivity index (χ0n) is 12.2. The molecule has 5 heteroatoms. The summed E-state index contributed by atoms with van der Waals surface area (Å²) in [4.78, 5) is 11.0. The molecule has 0 radical (unpaired) electrons. The number of rotatable bonds is 5. The lowest BCUT2D eigenvalue weighted by molar-refractivity contribution is -0.383. The topological polar surface area (TPSA) is 67.2 Å². The smallest absolute Gasteiger partial charge is 0.315 e. The summed E-state index contributed by atoms with van der Waals surface area (Å²) >= 11 is 0. The molecular formula is C15H23N3O2. The molecule has 1 aliphatic rings. The van der Waals surface area contributed by atoms with Gasteiger partial charge in [0, 0.05) is 12.6 Å². The third-order valence-corrected chi connectivity index (χ3v) is 3.96. The van der Waals surface area contributed by atoms with Gasteiger partial charge in [-0.2, -0.15) is 0 Å². The van der Waals surface area contributed by atoms with E-state index < -0.39 is 0 Å². The zero-order valence-corrected chi connectivity index (χ0v) is 12.2. The first-order valence-electron chi connectivity index (χ1n) is 7.39. The number of nitro benzene ring substituents is 1. The van der Waals surface area contributed by atoms with Crippen LogP contribution in [0.3, 0.4) is 0 Å². The van der Waals surface area contributed by atoms with Crippen LogP contribution in [0.4, 0.5) is 17.1 Å². The summed E-state index contributed by atoms with van der Waals surface area (Å²) in [5.41, 5.74) is 1.38. The van der Waals surface area contributed by atoms with Crippen LogP contribution in [-0.4, -0.2) is 17.5 Å². The Labute approximate surface area is 119 Å². The summed E-state index contributed by atoms with van der Waals surface area (Å²) in [6.07, 6.45) is 4.56. The molecule has 0 aliphatic heterocycles.